The number of imidazole rings is 1. The Morgan fingerprint density at radius 2 is 2.37 bits per heavy atom. The summed E-state index contributed by atoms with van der Waals surface area (Å²) in [6, 6.07) is 7.73. The van der Waals surface area contributed by atoms with Gasteiger partial charge in [-0.1, -0.05) is 17.8 Å². The van der Waals surface area contributed by atoms with Gasteiger partial charge in [0.2, 0.25) is 0 Å². The highest BCUT2D eigenvalue weighted by atomic mass is 32.2. The first-order valence-corrected chi connectivity index (χ1v) is 7.56. The number of Topliss-reactive ketones (excluding diaryl/α,β-unsaturated/α-hetero) is 1. The number of H-pyrrole nitrogens is 1. The molecule has 0 aliphatic rings. The van der Waals surface area contributed by atoms with E-state index < -0.39 is 0 Å². The minimum atomic E-state index is 0.0825. The smallest absolute Gasteiger partial charge is 0.169 e. The normalized spacial score (nSPS) is 11.0. The van der Waals surface area contributed by atoms with E-state index in [9.17, 15) is 4.79 Å². The number of pyridine rings is 1. The van der Waals surface area contributed by atoms with Gasteiger partial charge in [-0.15, -0.1) is 11.3 Å². The fraction of sp³-hybridized carbons (Fsp3) is 0.154. The number of aromatic amines is 1. The maximum Gasteiger partial charge on any atom is 0.169 e. The molecular weight excluding hydrogens is 278 g/mol. The summed E-state index contributed by atoms with van der Waals surface area (Å²) in [5, 5.41) is 0.863. The van der Waals surface area contributed by atoms with Gasteiger partial charge in [0, 0.05) is 11.9 Å². The van der Waals surface area contributed by atoms with Crippen molar-refractivity contribution in [1.29, 1.82) is 0 Å². The van der Waals surface area contributed by atoms with Gasteiger partial charge in [-0.25, -0.2) is 4.98 Å². The number of nitrogens with one attached hydrogen (secondary N) is 1. The Kier molecular flexibility index (Phi) is 3.35. The van der Waals surface area contributed by atoms with Gasteiger partial charge in [-0.05, 0) is 25.1 Å². The summed E-state index contributed by atoms with van der Waals surface area (Å²) in [6.07, 6.45) is 1.79. The largest absolute Gasteiger partial charge is 0.332 e. The number of hydrogen-bond acceptors (Lipinski definition) is 5. The molecule has 1 N–H and O–H groups in total. The van der Waals surface area contributed by atoms with E-state index in [1.165, 1.54) is 11.3 Å². The zero-order chi connectivity index (χ0) is 13.2. The molecule has 3 heterocycles. The zero-order valence-electron chi connectivity index (χ0n) is 10.2. The van der Waals surface area contributed by atoms with Crippen molar-refractivity contribution in [3.63, 3.8) is 0 Å². The van der Waals surface area contributed by atoms with Crippen LogP contribution in [0.2, 0.25) is 0 Å². The number of carbonyl (C=O) groups excluding carboxylic acids is 1. The summed E-state index contributed by atoms with van der Waals surface area (Å²) in [5.74, 6) is 0.861. The quantitative estimate of drug-likeness (QED) is 0.590. The Morgan fingerprint density at radius 1 is 1.47 bits per heavy atom. The minimum Gasteiger partial charge on any atom is -0.332 e. The van der Waals surface area contributed by atoms with Gasteiger partial charge in [0.1, 0.15) is 4.83 Å². The number of aromatic nitrogens is 3. The molecule has 0 radical (unpaired) electrons. The highest BCUT2D eigenvalue weighted by molar-refractivity contribution is 7.98. The van der Waals surface area contributed by atoms with E-state index in [-0.39, 0.29) is 5.78 Å². The van der Waals surface area contributed by atoms with Crippen molar-refractivity contribution < 1.29 is 4.79 Å². The van der Waals surface area contributed by atoms with Crippen LogP contribution in [-0.2, 0) is 5.75 Å². The van der Waals surface area contributed by atoms with Gasteiger partial charge >= 0.3 is 0 Å². The second kappa shape index (κ2) is 5.14. The number of ketones is 1. The highest BCUT2D eigenvalue weighted by Gasteiger charge is 2.10. The zero-order valence-corrected chi connectivity index (χ0v) is 11.8. The van der Waals surface area contributed by atoms with Crippen molar-refractivity contribution in [2.75, 3.05) is 0 Å². The number of fused-ring (bicyclic) bond motifs is 1. The van der Waals surface area contributed by atoms with Crippen molar-refractivity contribution in [1.82, 2.24) is 15.0 Å². The molecule has 0 aliphatic carbocycles. The molecule has 96 valence electrons. The molecule has 0 fully saturated rings. The lowest BCUT2D eigenvalue weighted by Gasteiger charge is -1.96. The lowest BCUT2D eigenvalue weighted by molar-refractivity contribution is 0.102. The van der Waals surface area contributed by atoms with Crippen LogP contribution in [0.1, 0.15) is 22.3 Å². The average molecular weight is 289 g/mol. The molecule has 0 amide bonds. The maximum atomic E-state index is 11.3. The Balaban J connectivity index is 1.75. The summed E-state index contributed by atoms with van der Waals surface area (Å²) in [7, 11) is 0. The molecule has 3 rings (SSSR count). The molecule has 3 aromatic heterocycles. The number of thiophene rings is 1. The van der Waals surface area contributed by atoms with Crippen LogP contribution in [-0.4, -0.2) is 20.7 Å². The van der Waals surface area contributed by atoms with Crippen molar-refractivity contribution in [3.05, 3.63) is 41.0 Å². The van der Waals surface area contributed by atoms with Crippen molar-refractivity contribution in [2.24, 2.45) is 0 Å². The molecule has 0 unspecified atom stereocenters. The SMILES string of the molecule is CC(=O)c1cc2[nH]c(SCc3ccccn3)nc2s1. The molecule has 0 saturated heterocycles. The summed E-state index contributed by atoms with van der Waals surface area (Å²) in [4.78, 5) is 24.9. The van der Waals surface area contributed by atoms with Gasteiger partial charge in [0.25, 0.3) is 0 Å². The van der Waals surface area contributed by atoms with Gasteiger partial charge < -0.3 is 4.98 Å². The van der Waals surface area contributed by atoms with E-state index in [0.29, 0.717) is 0 Å². The van der Waals surface area contributed by atoms with Crippen LogP contribution in [0.5, 0.6) is 0 Å². The average Bonchev–Trinajstić information content (AvgIpc) is 2.95. The summed E-state index contributed by atoms with van der Waals surface area (Å²) in [5.41, 5.74) is 1.95. The van der Waals surface area contributed by atoms with Gasteiger partial charge in [0.15, 0.2) is 10.9 Å². The Hall–Kier alpha value is -1.66. The highest BCUT2D eigenvalue weighted by Crippen LogP contribution is 2.28. The van der Waals surface area contributed by atoms with Gasteiger partial charge in [-0.3, -0.25) is 9.78 Å². The Bertz CT molecular complexity index is 686. The summed E-state index contributed by atoms with van der Waals surface area (Å²) < 4.78 is 0. The van der Waals surface area contributed by atoms with Crippen LogP contribution < -0.4 is 0 Å². The molecule has 0 aliphatic heterocycles. The molecule has 6 heteroatoms. The van der Waals surface area contributed by atoms with E-state index in [0.717, 1.165) is 31.8 Å². The van der Waals surface area contributed by atoms with Gasteiger partial charge in [-0.2, -0.15) is 0 Å². The third-order valence-corrected chi connectivity index (χ3v) is 4.62. The Labute approximate surface area is 118 Å². The predicted molar refractivity (Wildman–Crippen MR) is 77.8 cm³/mol. The second-order valence-electron chi connectivity index (χ2n) is 4.04. The number of thioether (sulfide) groups is 1. The third-order valence-electron chi connectivity index (χ3n) is 2.59. The van der Waals surface area contributed by atoms with E-state index in [2.05, 4.69) is 15.0 Å². The fourth-order valence-corrected chi connectivity index (χ4v) is 3.39. The van der Waals surface area contributed by atoms with Crippen LogP contribution in [0, 0.1) is 0 Å². The molecule has 0 aromatic carbocycles. The predicted octanol–water partition coefficient (Wildman–Crippen LogP) is 3.51. The van der Waals surface area contributed by atoms with Crippen molar-refractivity contribution in [3.8, 4) is 0 Å². The van der Waals surface area contributed by atoms with Crippen molar-refractivity contribution >= 4 is 39.2 Å². The number of rotatable bonds is 4. The van der Waals surface area contributed by atoms with E-state index in [1.54, 1.807) is 24.9 Å². The van der Waals surface area contributed by atoms with E-state index in [4.69, 9.17) is 0 Å². The first-order valence-electron chi connectivity index (χ1n) is 5.75. The molecule has 0 atom stereocenters. The lowest BCUT2D eigenvalue weighted by Crippen LogP contribution is -1.86. The first-order chi connectivity index (χ1) is 9.22. The molecule has 0 bridgehead atoms. The maximum absolute atomic E-state index is 11.3. The van der Waals surface area contributed by atoms with Crippen LogP contribution in [0.4, 0.5) is 0 Å². The first kappa shape index (κ1) is 12.4. The monoisotopic (exact) mass is 289 g/mol. The standard InChI is InChI=1S/C13H11N3OS2/c1-8(17)11-6-10-12(19-11)16-13(15-10)18-7-9-4-2-3-5-14-9/h2-6H,7H2,1H3,(H,15,16). The molecular formula is C13H11N3OS2. The summed E-state index contributed by atoms with van der Waals surface area (Å²) in [6.45, 7) is 1.57. The molecule has 4 nitrogen and oxygen atoms in total. The number of hydrogen-bond donors (Lipinski definition) is 1. The van der Waals surface area contributed by atoms with Crippen LogP contribution in [0.3, 0.4) is 0 Å². The van der Waals surface area contributed by atoms with Crippen LogP contribution in [0.15, 0.2) is 35.6 Å². The second-order valence-corrected chi connectivity index (χ2v) is 6.03. The van der Waals surface area contributed by atoms with Crippen LogP contribution in [0.25, 0.3) is 10.3 Å². The third kappa shape index (κ3) is 2.69. The number of carbonyl (C=O) groups is 1. The van der Waals surface area contributed by atoms with E-state index in [1.807, 2.05) is 24.3 Å². The molecule has 0 spiro atoms. The topological polar surface area (TPSA) is 58.6 Å². The van der Waals surface area contributed by atoms with Crippen LogP contribution >= 0.6 is 23.1 Å². The molecule has 19 heavy (non-hydrogen) atoms. The van der Waals surface area contributed by atoms with Crippen molar-refractivity contribution in [2.45, 2.75) is 17.8 Å². The molecule has 3 aromatic rings. The van der Waals surface area contributed by atoms with Gasteiger partial charge in [0.05, 0.1) is 16.1 Å². The number of nitrogens with zero attached hydrogens (tertiary/aromatic N) is 2. The lowest BCUT2D eigenvalue weighted by atomic mass is 10.3. The molecule has 0 saturated carbocycles. The van der Waals surface area contributed by atoms with E-state index >= 15 is 0 Å². The summed E-state index contributed by atoms with van der Waals surface area (Å²) >= 11 is 3.04. The Morgan fingerprint density at radius 3 is 3.05 bits per heavy atom. The fourth-order valence-electron chi connectivity index (χ4n) is 1.66. The minimum absolute atomic E-state index is 0.0825.